The molecule has 5 heteroatoms. The summed E-state index contributed by atoms with van der Waals surface area (Å²) in [7, 11) is -2.03. The molecule has 0 saturated carbocycles. The summed E-state index contributed by atoms with van der Waals surface area (Å²) in [5.74, 6) is 0. The lowest BCUT2D eigenvalue weighted by atomic mass is 9.99. The van der Waals surface area contributed by atoms with Gasteiger partial charge in [0.2, 0.25) is 0 Å². The van der Waals surface area contributed by atoms with Gasteiger partial charge in [0, 0.05) is 41.8 Å². The predicted octanol–water partition coefficient (Wildman–Crippen LogP) is 17.6. The molecule has 4 heterocycles. The SMILES string of the molecule is CCCCCCCC[Si]1(CCCCCCCC)c2cc(C)ccc2-c2ccc(-c3ccc(-c4ccc(-c5ccc(C)s5)c5nc(-c6ccc(C)cc6)c(-c6ccc(C)cc6)nc45)s3)cc21. The Kier molecular flexibility index (Phi) is 14.1. The quantitative estimate of drug-likeness (QED) is 0.0597. The third-order valence-electron chi connectivity index (χ3n) is 14.1. The molecule has 0 radical (unpaired) electrons. The number of fused-ring (bicyclic) bond motifs is 4. The van der Waals surface area contributed by atoms with E-state index in [9.17, 15) is 0 Å². The van der Waals surface area contributed by atoms with E-state index in [4.69, 9.17) is 9.97 Å². The summed E-state index contributed by atoms with van der Waals surface area (Å²) >= 11 is 3.73. The van der Waals surface area contributed by atoms with Crippen LogP contribution in [0.3, 0.4) is 0 Å². The van der Waals surface area contributed by atoms with Crippen molar-refractivity contribution in [1.29, 1.82) is 0 Å². The van der Waals surface area contributed by atoms with Gasteiger partial charge in [-0.2, -0.15) is 0 Å². The van der Waals surface area contributed by atoms with Gasteiger partial charge in [0.1, 0.15) is 8.07 Å². The fourth-order valence-corrected chi connectivity index (χ4v) is 18.1. The minimum Gasteiger partial charge on any atom is -0.243 e. The molecular formula is C60H66N2S2Si. The summed E-state index contributed by atoms with van der Waals surface area (Å²) in [4.78, 5) is 16.4. The monoisotopic (exact) mass is 906 g/mol. The smallest absolute Gasteiger partial charge is 0.119 e. The molecule has 5 aromatic carbocycles. The molecule has 0 bridgehead atoms. The van der Waals surface area contributed by atoms with Gasteiger partial charge in [-0.1, -0.05) is 205 Å². The maximum atomic E-state index is 5.68. The number of hydrogen-bond acceptors (Lipinski definition) is 4. The summed E-state index contributed by atoms with van der Waals surface area (Å²) in [6.07, 6.45) is 16.2. The van der Waals surface area contributed by atoms with E-state index in [0.717, 1.165) is 44.7 Å². The fraction of sp³-hybridized carbons (Fsp3) is 0.333. The van der Waals surface area contributed by atoms with Crippen molar-refractivity contribution in [3.63, 3.8) is 0 Å². The summed E-state index contributed by atoms with van der Waals surface area (Å²) in [6, 6.07) is 49.1. The number of aryl methyl sites for hydroxylation is 4. The average Bonchev–Trinajstić information content (AvgIpc) is 4.05. The highest BCUT2D eigenvalue weighted by atomic mass is 32.1. The predicted molar refractivity (Wildman–Crippen MR) is 288 cm³/mol. The van der Waals surface area contributed by atoms with Crippen molar-refractivity contribution in [1.82, 2.24) is 9.97 Å². The van der Waals surface area contributed by atoms with E-state index in [1.165, 1.54) is 142 Å². The van der Waals surface area contributed by atoms with Crippen LogP contribution in [-0.2, 0) is 0 Å². The van der Waals surface area contributed by atoms with Gasteiger partial charge < -0.3 is 0 Å². The molecule has 2 nitrogen and oxygen atoms in total. The second-order valence-electron chi connectivity index (χ2n) is 19.0. The summed E-state index contributed by atoms with van der Waals surface area (Å²) in [5, 5.41) is 3.42. The Morgan fingerprint density at radius 3 is 1.35 bits per heavy atom. The number of benzene rings is 5. The van der Waals surface area contributed by atoms with Crippen LogP contribution in [-0.4, -0.2) is 18.0 Å². The number of thiophene rings is 2. The van der Waals surface area contributed by atoms with E-state index in [-0.39, 0.29) is 0 Å². The second-order valence-corrected chi connectivity index (χ2v) is 25.6. The van der Waals surface area contributed by atoms with Crippen LogP contribution in [0.1, 0.15) is 112 Å². The Bertz CT molecular complexity index is 2880. The van der Waals surface area contributed by atoms with Gasteiger partial charge in [-0.25, -0.2) is 9.97 Å². The first-order valence-corrected chi connectivity index (χ1v) is 28.7. The molecule has 8 aromatic rings. The van der Waals surface area contributed by atoms with Crippen LogP contribution in [0.4, 0.5) is 0 Å². The Morgan fingerprint density at radius 1 is 0.385 bits per heavy atom. The lowest BCUT2D eigenvalue weighted by Crippen LogP contribution is -2.55. The van der Waals surface area contributed by atoms with Crippen LogP contribution in [0.15, 0.2) is 121 Å². The first kappa shape index (κ1) is 45.2. The molecule has 332 valence electrons. The van der Waals surface area contributed by atoms with Gasteiger partial charge >= 0.3 is 0 Å². The number of rotatable bonds is 19. The van der Waals surface area contributed by atoms with Gasteiger partial charge in [0.05, 0.1) is 22.4 Å². The minimum absolute atomic E-state index is 0.920. The minimum atomic E-state index is -2.03. The molecule has 0 aliphatic carbocycles. The average molecular weight is 907 g/mol. The molecular weight excluding hydrogens is 841 g/mol. The molecule has 1 aliphatic heterocycles. The maximum absolute atomic E-state index is 5.68. The highest BCUT2D eigenvalue weighted by Crippen LogP contribution is 2.44. The van der Waals surface area contributed by atoms with E-state index in [0.29, 0.717) is 0 Å². The van der Waals surface area contributed by atoms with Gasteiger partial charge in [-0.15, -0.1) is 22.7 Å². The molecule has 65 heavy (non-hydrogen) atoms. The van der Waals surface area contributed by atoms with E-state index in [1.54, 1.807) is 10.4 Å². The van der Waals surface area contributed by atoms with Crippen LogP contribution in [0.25, 0.3) is 76.0 Å². The topological polar surface area (TPSA) is 25.8 Å². The number of nitrogens with zero attached hydrogens (tertiary/aromatic N) is 2. The van der Waals surface area contributed by atoms with Crippen molar-refractivity contribution in [2.75, 3.05) is 0 Å². The lowest BCUT2D eigenvalue weighted by Gasteiger charge is -2.31. The van der Waals surface area contributed by atoms with Crippen molar-refractivity contribution in [2.45, 2.75) is 131 Å². The van der Waals surface area contributed by atoms with Crippen LogP contribution in [0.5, 0.6) is 0 Å². The largest absolute Gasteiger partial charge is 0.243 e. The third kappa shape index (κ3) is 9.53. The molecule has 0 N–H and O–H groups in total. The molecule has 0 amide bonds. The zero-order valence-corrected chi connectivity index (χ0v) is 42.3. The van der Waals surface area contributed by atoms with Crippen LogP contribution in [0.2, 0.25) is 12.1 Å². The summed E-state index contributed by atoms with van der Waals surface area (Å²) in [5.41, 5.74) is 16.5. The molecule has 1 aliphatic rings. The molecule has 0 unspecified atom stereocenters. The highest BCUT2D eigenvalue weighted by Gasteiger charge is 2.44. The van der Waals surface area contributed by atoms with Crippen LogP contribution >= 0.6 is 22.7 Å². The van der Waals surface area contributed by atoms with Crippen molar-refractivity contribution < 1.29 is 0 Å². The highest BCUT2D eigenvalue weighted by molar-refractivity contribution is 7.19. The van der Waals surface area contributed by atoms with Gasteiger partial charge in [-0.05, 0) is 91.1 Å². The molecule has 3 aromatic heterocycles. The zero-order chi connectivity index (χ0) is 44.9. The summed E-state index contributed by atoms with van der Waals surface area (Å²) < 4.78 is 0. The molecule has 0 atom stereocenters. The molecule has 0 spiro atoms. The van der Waals surface area contributed by atoms with Crippen LogP contribution < -0.4 is 10.4 Å². The first-order chi connectivity index (χ1) is 31.8. The first-order valence-electron chi connectivity index (χ1n) is 24.7. The summed E-state index contributed by atoms with van der Waals surface area (Å²) in [6.45, 7) is 13.4. The Morgan fingerprint density at radius 2 is 0.815 bits per heavy atom. The number of unbranched alkanes of at least 4 members (excludes halogenated alkanes) is 10. The normalized spacial score (nSPS) is 12.8. The molecule has 0 fully saturated rings. The second kappa shape index (κ2) is 20.3. The van der Waals surface area contributed by atoms with E-state index in [1.807, 2.05) is 22.7 Å². The number of hydrogen-bond donors (Lipinski definition) is 0. The Hall–Kier alpha value is -4.94. The fourth-order valence-electron chi connectivity index (χ4n) is 10.4. The molecule has 0 saturated heterocycles. The zero-order valence-electron chi connectivity index (χ0n) is 39.7. The van der Waals surface area contributed by atoms with Crippen molar-refractivity contribution in [3.8, 4) is 65.0 Å². The molecule has 9 rings (SSSR count). The van der Waals surface area contributed by atoms with Crippen molar-refractivity contribution in [3.05, 3.63) is 143 Å². The Labute approximate surface area is 398 Å². The van der Waals surface area contributed by atoms with Gasteiger partial charge in [0.25, 0.3) is 0 Å². The Balaban J connectivity index is 1.15. The van der Waals surface area contributed by atoms with Gasteiger partial charge in [0.15, 0.2) is 0 Å². The van der Waals surface area contributed by atoms with E-state index >= 15 is 0 Å². The van der Waals surface area contributed by atoms with E-state index in [2.05, 4.69) is 163 Å². The van der Waals surface area contributed by atoms with E-state index < -0.39 is 8.07 Å². The van der Waals surface area contributed by atoms with Crippen molar-refractivity contribution in [2.24, 2.45) is 0 Å². The lowest BCUT2D eigenvalue weighted by molar-refractivity contribution is 0.616. The van der Waals surface area contributed by atoms with Gasteiger partial charge in [-0.3, -0.25) is 0 Å². The third-order valence-corrected chi connectivity index (χ3v) is 21.6. The van der Waals surface area contributed by atoms with Crippen molar-refractivity contribution >= 4 is 52.2 Å². The maximum Gasteiger partial charge on any atom is 0.119 e. The standard InChI is InChI=1S/C60H66N2S2Si/c1-7-9-11-13-15-17-37-65(38-18-16-14-12-10-8-2)55-39-43(5)23-30-48(55)49-31-29-47(40-56(49)65)52-35-36-54(64-52)51-33-32-50(53-34-24-44(6)63-53)59-60(51)62-58(46-27-21-42(4)22-28-46)57(61-59)45-25-19-41(3)20-26-45/h19-36,39-40H,7-18,37-38H2,1-6H3. The van der Waals surface area contributed by atoms with Crippen LogP contribution in [0, 0.1) is 27.7 Å². The number of aromatic nitrogens is 2.